The Balaban J connectivity index is 2.75. The highest BCUT2D eigenvalue weighted by atomic mass is 16.4. The van der Waals surface area contributed by atoms with E-state index >= 15 is 0 Å². The van der Waals surface area contributed by atoms with Crippen LogP contribution in [0.4, 0.5) is 0 Å². The van der Waals surface area contributed by atoms with Gasteiger partial charge in [-0.05, 0) is 31.6 Å². The van der Waals surface area contributed by atoms with Gasteiger partial charge >= 0.3 is 5.97 Å². The molecule has 0 heterocycles. The number of aliphatic carboxylic acids is 1. The Labute approximate surface area is 108 Å². The van der Waals surface area contributed by atoms with Crippen molar-refractivity contribution in [3.05, 3.63) is 0 Å². The number of nitrogens with one attached hydrogen (secondary N) is 1. The summed E-state index contributed by atoms with van der Waals surface area (Å²) >= 11 is 0. The Kier molecular flexibility index (Phi) is 4.37. The van der Waals surface area contributed by atoms with Gasteiger partial charge in [-0.2, -0.15) is 0 Å². The standard InChI is InChI=1S/C13H23NO4/c1-12(2)9(10(16)14-7-4-8-15)5-6-13(12,3)11(17)18/h9,15H,4-8H2,1-3H3,(H,14,16)(H,17,18)/t9-,13+/m1/s1. The molecule has 5 heteroatoms. The molecule has 0 aromatic rings. The molecule has 0 radical (unpaired) electrons. The van der Waals surface area contributed by atoms with Crippen molar-refractivity contribution in [1.29, 1.82) is 0 Å². The van der Waals surface area contributed by atoms with Gasteiger partial charge in [0.15, 0.2) is 0 Å². The highest BCUT2D eigenvalue weighted by Crippen LogP contribution is 2.56. The average molecular weight is 257 g/mol. The van der Waals surface area contributed by atoms with E-state index in [0.717, 1.165) is 0 Å². The molecule has 0 spiro atoms. The fourth-order valence-corrected chi connectivity index (χ4v) is 2.76. The van der Waals surface area contributed by atoms with Crippen LogP contribution < -0.4 is 5.32 Å². The molecule has 3 N–H and O–H groups in total. The highest BCUT2D eigenvalue weighted by molar-refractivity contribution is 5.83. The lowest BCUT2D eigenvalue weighted by molar-refractivity contribution is -0.155. The molecule has 0 aliphatic heterocycles. The van der Waals surface area contributed by atoms with Crippen LogP contribution in [-0.2, 0) is 9.59 Å². The molecule has 1 fully saturated rings. The number of amides is 1. The molecule has 1 saturated carbocycles. The van der Waals surface area contributed by atoms with E-state index < -0.39 is 16.8 Å². The van der Waals surface area contributed by atoms with E-state index in [2.05, 4.69) is 5.32 Å². The molecular weight excluding hydrogens is 234 g/mol. The van der Waals surface area contributed by atoms with Gasteiger partial charge < -0.3 is 15.5 Å². The summed E-state index contributed by atoms with van der Waals surface area (Å²) in [6, 6.07) is 0. The summed E-state index contributed by atoms with van der Waals surface area (Å²) in [5, 5.41) is 20.8. The molecule has 0 bridgehead atoms. The fourth-order valence-electron chi connectivity index (χ4n) is 2.76. The van der Waals surface area contributed by atoms with E-state index in [1.165, 1.54) is 0 Å². The Morgan fingerprint density at radius 3 is 2.39 bits per heavy atom. The first-order chi connectivity index (χ1) is 8.27. The van der Waals surface area contributed by atoms with Gasteiger partial charge in [0, 0.05) is 19.1 Å². The summed E-state index contributed by atoms with van der Waals surface area (Å²) in [4.78, 5) is 23.5. The molecule has 18 heavy (non-hydrogen) atoms. The number of carbonyl (C=O) groups excluding carboxylic acids is 1. The Morgan fingerprint density at radius 1 is 1.33 bits per heavy atom. The van der Waals surface area contributed by atoms with Gasteiger partial charge in [0.25, 0.3) is 0 Å². The van der Waals surface area contributed by atoms with Crippen molar-refractivity contribution in [2.24, 2.45) is 16.7 Å². The first-order valence-electron chi connectivity index (χ1n) is 6.39. The zero-order valence-electron chi connectivity index (χ0n) is 11.3. The van der Waals surface area contributed by atoms with Crippen LogP contribution in [0.5, 0.6) is 0 Å². The number of aliphatic hydroxyl groups is 1. The third kappa shape index (κ3) is 2.36. The molecule has 0 unspecified atom stereocenters. The average Bonchev–Trinajstić information content (AvgIpc) is 2.52. The minimum absolute atomic E-state index is 0.0428. The SMILES string of the molecule is CC1(C)[C@@H](C(=O)NCCCO)CC[C@@]1(C)C(=O)O. The Morgan fingerprint density at radius 2 is 1.94 bits per heavy atom. The number of carboxylic acids is 1. The molecule has 1 aliphatic rings. The van der Waals surface area contributed by atoms with Crippen molar-refractivity contribution in [1.82, 2.24) is 5.32 Å². The summed E-state index contributed by atoms with van der Waals surface area (Å²) < 4.78 is 0. The van der Waals surface area contributed by atoms with Crippen LogP contribution in [0.25, 0.3) is 0 Å². The molecule has 1 amide bonds. The van der Waals surface area contributed by atoms with Crippen molar-refractivity contribution < 1.29 is 19.8 Å². The lowest BCUT2D eigenvalue weighted by atomic mass is 9.65. The van der Waals surface area contributed by atoms with Gasteiger partial charge in [-0.25, -0.2) is 0 Å². The second-order valence-corrected chi connectivity index (χ2v) is 5.82. The summed E-state index contributed by atoms with van der Waals surface area (Å²) in [7, 11) is 0. The number of hydrogen-bond acceptors (Lipinski definition) is 3. The minimum atomic E-state index is -0.855. The van der Waals surface area contributed by atoms with E-state index in [1.54, 1.807) is 6.92 Å². The first kappa shape index (κ1) is 15.0. The largest absolute Gasteiger partial charge is 0.481 e. The summed E-state index contributed by atoms with van der Waals surface area (Å²) in [5.74, 6) is -1.21. The zero-order valence-corrected chi connectivity index (χ0v) is 11.3. The monoisotopic (exact) mass is 257 g/mol. The topological polar surface area (TPSA) is 86.6 Å². The maximum absolute atomic E-state index is 12.1. The van der Waals surface area contributed by atoms with Gasteiger partial charge in [0.2, 0.25) is 5.91 Å². The lowest BCUT2D eigenvalue weighted by Gasteiger charge is -2.37. The van der Waals surface area contributed by atoms with Crippen LogP contribution in [0.15, 0.2) is 0 Å². The van der Waals surface area contributed by atoms with Crippen LogP contribution in [0.3, 0.4) is 0 Å². The molecular formula is C13H23NO4. The highest BCUT2D eigenvalue weighted by Gasteiger charge is 2.58. The molecule has 0 aromatic heterocycles. The maximum Gasteiger partial charge on any atom is 0.309 e. The van der Waals surface area contributed by atoms with Crippen molar-refractivity contribution in [2.45, 2.75) is 40.0 Å². The second-order valence-electron chi connectivity index (χ2n) is 5.82. The van der Waals surface area contributed by atoms with Gasteiger partial charge in [-0.1, -0.05) is 13.8 Å². The number of aliphatic hydroxyl groups excluding tert-OH is 1. The van der Waals surface area contributed by atoms with Crippen molar-refractivity contribution in [3.8, 4) is 0 Å². The number of carbonyl (C=O) groups is 2. The number of rotatable bonds is 5. The Hall–Kier alpha value is -1.10. The predicted octanol–water partition coefficient (Wildman–Crippen LogP) is 1.01. The Bertz CT molecular complexity index is 340. The molecule has 0 aromatic carbocycles. The van der Waals surface area contributed by atoms with Crippen LogP contribution >= 0.6 is 0 Å². The smallest absolute Gasteiger partial charge is 0.309 e. The maximum atomic E-state index is 12.1. The fraction of sp³-hybridized carbons (Fsp3) is 0.846. The number of hydrogen-bond donors (Lipinski definition) is 3. The van der Waals surface area contributed by atoms with Gasteiger partial charge in [-0.3, -0.25) is 9.59 Å². The third-order valence-electron chi connectivity index (χ3n) is 4.65. The van der Waals surface area contributed by atoms with E-state index in [0.29, 0.717) is 25.8 Å². The van der Waals surface area contributed by atoms with Crippen molar-refractivity contribution >= 4 is 11.9 Å². The molecule has 5 nitrogen and oxygen atoms in total. The molecule has 2 atom stereocenters. The van der Waals surface area contributed by atoms with Gasteiger partial charge in [-0.15, -0.1) is 0 Å². The van der Waals surface area contributed by atoms with E-state index in [9.17, 15) is 14.7 Å². The van der Waals surface area contributed by atoms with Gasteiger partial charge in [0.05, 0.1) is 5.41 Å². The minimum Gasteiger partial charge on any atom is -0.481 e. The first-order valence-corrected chi connectivity index (χ1v) is 6.39. The van der Waals surface area contributed by atoms with E-state index in [1.807, 2.05) is 13.8 Å². The second kappa shape index (κ2) is 5.26. The van der Waals surface area contributed by atoms with Crippen molar-refractivity contribution in [3.63, 3.8) is 0 Å². The summed E-state index contributed by atoms with van der Waals surface area (Å²) in [6.07, 6.45) is 1.64. The predicted molar refractivity (Wildman–Crippen MR) is 67.0 cm³/mol. The van der Waals surface area contributed by atoms with Crippen LogP contribution in [0, 0.1) is 16.7 Å². The molecule has 0 saturated heterocycles. The normalized spacial score (nSPS) is 30.1. The van der Waals surface area contributed by atoms with Crippen LogP contribution in [-0.4, -0.2) is 35.2 Å². The number of carboxylic acid groups (broad SMARTS) is 1. The van der Waals surface area contributed by atoms with Gasteiger partial charge in [0.1, 0.15) is 0 Å². The lowest BCUT2D eigenvalue weighted by Crippen LogP contribution is -2.45. The van der Waals surface area contributed by atoms with E-state index in [4.69, 9.17) is 5.11 Å². The molecule has 1 rings (SSSR count). The van der Waals surface area contributed by atoms with Crippen LogP contribution in [0.2, 0.25) is 0 Å². The summed E-state index contributed by atoms with van der Waals surface area (Å²) in [5.41, 5.74) is -1.42. The zero-order chi connectivity index (χ0) is 14.0. The summed E-state index contributed by atoms with van der Waals surface area (Å²) in [6.45, 7) is 5.90. The third-order valence-corrected chi connectivity index (χ3v) is 4.65. The molecule has 104 valence electrons. The molecule has 1 aliphatic carbocycles. The quantitative estimate of drug-likeness (QED) is 0.642. The van der Waals surface area contributed by atoms with Crippen molar-refractivity contribution in [2.75, 3.05) is 13.2 Å². The van der Waals surface area contributed by atoms with E-state index in [-0.39, 0.29) is 18.4 Å². The van der Waals surface area contributed by atoms with Crippen LogP contribution in [0.1, 0.15) is 40.0 Å².